The van der Waals surface area contributed by atoms with E-state index in [0.29, 0.717) is 19.0 Å². The summed E-state index contributed by atoms with van der Waals surface area (Å²) in [6.07, 6.45) is -0.0356. The SMILES string of the molecule is CCOC(Cn1c(-c2ccccc2)ncc(NC(=O)OCc2ccccc2)c1=O)OCC. The molecule has 1 amide bonds. The van der Waals surface area contributed by atoms with Crippen LogP contribution < -0.4 is 10.9 Å². The molecular weight excluding hydrogens is 410 g/mol. The Labute approximate surface area is 186 Å². The minimum absolute atomic E-state index is 0.00879. The van der Waals surface area contributed by atoms with Gasteiger partial charge in [-0.2, -0.15) is 0 Å². The van der Waals surface area contributed by atoms with Gasteiger partial charge in [0, 0.05) is 18.8 Å². The Hall–Kier alpha value is -3.49. The zero-order valence-corrected chi connectivity index (χ0v) is 18.2. The van der Waals surface area contributed by atoms with Crippen LogP contribution >= 0.6 is 0 Å². The van der Waals surface area contributed by atoms with Gasteiger partial charge in [0.1, 0.15) is 18.1 Å². The maximum atomic E-state index is 13.3. The summed E-state index contributed by atoms with van der Waals surface area (Å²) in [5.74, 6) is 0.447. The van der Waals surface area contributed by atoms with Crippen molar-refractivity contribution in [2.75, 3.05) is 18.5 Å². The second kappa shape index (κ2) is 11.8. The number of nitrogens with zero attached hydrogens (tertiary/aromatic N) is 2. The van der Waals surface area contributed by atoms with Crippen molar-refractivity contribution in [3.63, 3.8) is 0 Å². The largest absolute Gasteiger partial charge is 0.444 e. The normalized spacial score (nSPS) is 10.8. The number of benzene rings is 2. The lowest BCUT2D eigenvalue weighted by molar-refractivity contribution is -0.143. The van der Waals surface area contributed by atoms with Crippen LogP contribution in [0.5, 0.6) is 0 Å². The smallest absolute Gasteiger partial charge is 0.412 e. The highest BCUT2D eigenvalue weighted by Gasteiger charge is 2.18. The molecule has 1 N–H and O–H groups in total. The second-order valence-corrected chi connectivity index (χ2v) is 6.80. The van der Waals surface area contributed by atoms with Gasteiger partial charge < -0.3 is 14.2 Å². The predicted octanol–water partition coefficient (Wildman–Crippen LogP) is 4.06. The van der Waals surface area contributed by atoms with Crippen LogP contribution in [-0.2, 0) is 27.4 Å². The molecular formula is C24H27N3O5. The molecule has 0 unspecified atom stereocenters. The first kappa shape index (κ1) is 23.2. The Balaban J connectivity index is 1.85. The van der Waals surface area contributed by atoms with Crippen molar-refractivity contribution in [1.29, 1.82) is 0 Å². The first-order valence-corrected chi connectivity index (χ1v) is 10.5. The maximum Gasteiger partial charge on any atom is 0.412 e. The fraction of sp³-hybridized carbons (Fsp3) is 0.292. The summed E-state index contributed by atoms with van der Waals surface area (Å²) in [7, 11) is 0. The molecule has 1 heterocycles. The number of carbonyl (C=O) groups is 1. The highest BCUT2D eigenvalue weighted by molar-refractivity contribution is 5.84. The third-order valence-electron chi connectivity index (χ3n) is 4.57. The number of rotatable bonds is 10. The monoisotopic (exact) mass is 437 g/mol. The molecule has 3 aromatic rings. The Kier molecular flexibility index (Phi) is 8.53. The van der Waals surface area contributed by atoms with E-state index in [1.54, 1.807) is 0 Å². The van der Waals surface area contributed by atoms with Crippen molar-refractivity contribution in [1.82, 2.24) is 9.55 Å². The highest BCUT2D eigenvalue weighted by atomic mass is 16.7. The highest BCUT2D eigenvalue weighted by Crippen LogP contribution is 2.17. The number of ether oxygens (including phenoxy) is 3. The molecule has 0 saturated heterocycles. The number of hydrogen-bond acceptors (Lipinski definition) is 6. The van der Waals surface area contributed by atoms with Gasteiger partial charge in [-0.25, -0.2) is 9.78 Å². The lowest BCUT2D eigenvalue weighted by Gasteiger charge is -2.20. The van der Waals surface area contributed by atoms with Crippen molar-refractivity contribution in [2.45, 2.75) is 33.3 Å². The molecule has 0 bridgehead atoms. The van der Waals surface area contributed by atoms with Crippen molar-refractivity contribution < 1.29 is 19.0 Å². The predicted molar refractivity (Wildman–Crippen MR) is 121 cm³/mol. The quantitative estimate of drug-likeness (QED) is 0.481. The van der Waals surface area contributed by atoms with E-state index in [1.165, 1.54) is 10.8 Å². The van der Waals surface area contributed by atoms with Crippen LogP contribution in [0.1, 0.15) is 19.4 Å². The van der Waals surface area contributed by atoms with E-state index in [-0.39, 0.29) is 18.8 Å². The van der Waals surface area contributed by atoms with Crippen LogP contribution in [0, 0.1) is 0 Å². The molecule has 0 aliphatic rings. The summed E-state index contributed by atoms with van der Waals surface area (Å²) >= 11 is 0. The van der Waals surface area contributed by atoms with Crippen LogP contribution in [0.4, 0.5) is 10.5 Å². The average molecular weight is 437 g/mol. The van der Waals surface area contributed by atoms with Gasteiger partial charge in [-0.15, -0.1) is 0 Å². The van der Waals surface area contributed by atoms with Gasteiger partial charge in [0.2, 0.25) is 0 Å². The molecule has 0 radical (unpaired) electrons. The Morgan fingerprint density at radius 2 is 1.62 bits per heavy atom. The van der Waals surface area contributed by atoms with Crippen LogP contribution in [0.15, 0.2) is 71.7 Å². The summed E-state index contributed by atoms with van der Waals surface area (Å²) < 4.78 is 17.9. The number of hydrogen-bond donors (Lipinski definition) is 1. The Morgan fingerprint density at radius 1 is 1.00 bits per heavy atom. The molecule has 0 atom stereocenters. The standard InChI is InChI=1S/C24H27N3O5/c1-3-30-21(31-4-2)16-27-22(19-13-9-6-10-14-19)25-15-20(23(27)28)26-24(29)32-17-18-11-7-5-8-12-18/h5-15,21H,3-4,16-17H2,1-2H3,(H,26,29). The Morgan fingerprint density at radius 3 is 2.25 bits per heavy atom. The van der Waals surface area contributed by atoms with E-state index >= 15 is 0 Å². The zero-order chi connectivity index (χ0) is 22.8. The van der Waals surface area contributed by atoms with E-state index in [2.05, 4.69) is 10.3 Å². The van der Waals surface area contributed by atoms with Crippen LogP contribution in [0.3, 0.4) is 0 Å². The molecule has 0 aliphatic heterocycles. The summed E-state index contributed by atoms with van der Waals surface area (Å²) in [6, 6.07) is 18.6. The number of aromatic nitrogens is 2. The van der Waals surface area contributed by atoms with Crippen LogP contribution in [0.2, 0.25) is 0 Å². The van der Waals surface area contributed by atoms with Crippen molar-refractivity contribution >= 4 is 11.8 Å². The van der Waals surface area contributed by atoms with Crippen molar-refractivity contribution in [3.8, 4) is 11.4 Å². The molecule has 0 saturated carbocycles. The second-order valence-electron chi connectivity index (χ2n) is 6.80. The maximum absolute atomic E-state index is 13.3. The molecule has 32 heavy (non-hydrogen) atoms. The molecule has 168 valence electrons. The van der Waals surface area contributed by atoms with Gasteiger partial charge in [0.05, 0.1) is 12.7 Å². The van der Waals surface area contributed by atoms with E-state index in [9.17, 15) is 9.59 Å². The van der Waals surface area contributed by atoms with Gasteiger partial charge in [0.25, 0.3) is 5.56 Å². The van der Waals surface area contributed by atoms with E-state index in [1.807, 2.05) is 74.5 Å². The summed E-state index contributed by atoms with van der Waals surface area (Å²) in [5, 5.41) is 2.50. The Bertz CT molecular complexity index is 1050. The topological polar surface area (TPSA) is 91.7 Å². The molecule has 3 rings (SSSR count). The lowest BCUT2D eigenvalue weighted by atomic mass is 10.2. The fourth-order valence-corrected chi connectivity index (χ4v) is 3.11. The first-order chi connectivity index (χ1) is 15.6. The van der Waals surface area contributed by atoms with Gasteiger partial charge >= 0.3 is 6.09 Å². The van der Waals surface area contributed by atoms with Gasteiger partial charge in [-0.3, -0.25) is 14.7 Å². The summed E-state index contributed by atoms with van der Waals surface area (Å²) in [5.41, 5.74) is 1.18. The minimum atomic E-state index is -0.738. The third-order valence-corrected chi connectivity index (χ3v) is 4.57. The average Bonchev–Trinajstić information content (AvgIpc) is 2.82. The van der Waals surface area contributed by atoms with E-state index in [0.717, 1.165) is 11.1 Å². The zero-order valence-electron chi connectivity index (χ0n) is 18.2. The van der Waals surface area contributed by atoms with Gasteiger partial charge in [-0.1, -0.05) is 60.7 Å². The van der Waals surface area contributed by atoms with Crippen LogP contribution in [0.25, 0.3) is 11.4 Å². The molecule has 0 fully saturated rings. The minimum Gasteiger partial charge on any atom is -0.444 e. The molecule has 8 heteroatoms. The van der Waals surface area contributed by atoms with E-state index < -0.39 is 17.9 Å². The molecule has 0 spiro atoms. The summed E-state index contributed by atoms with van der Waals surface area (Å²) in [6.45, 7) is 4.77. The number of carbonyl (C=O) groups excluding carboxylic acids is 1. The van der Waals surface area contributed by atoms with Crippen molar-refractivity contribution in [2.24, 2.45) is 0 Å². The fourth-order valence-electron chi connectivity index (χ4n) is 3.11. The van der Waals surface area contributed by atoms with Crippen LogP contribution in [-0.4, -0.2) is 35.1 Å². The first-order valence-electron chi connectivity index (χ1n) is 10.5. The molecule has 1 aromatic heterocycles. The lowest BCUT2D eigenvalue weighted by Crippen LogP contribution is -2.34. The van der Waals surface area contributed by atoms with Gasteiger partial charge in [0.15, 0.2) is 6.29 Å². The van der Waals surface area contributed by atoms with Crippen molar-refractivity contribution in [3.05, 3.63) is 82.8 Å². The van der Waals surface area contributed by atoms with Gasteiger partial charge in [-0.05, 0) is 19.4 Å². The number of nitrogens with one attached hydrogen (secondary N) is 1. The van der Waals surface area contributed by atoms with E-state index in [4.69, 9.17) is 14.2 Å². The number of amides is 1. The molecule has 2 aromatic carbocycles. The third kappa shape index (κ3) is 6.26. The number of anilines is 1. The molecule has 0 aliphatic carbocycles. The molecule has 8 nitrogen and oxygen atoms in total. The summed E-state index contributed by atoms with van der Waals surface area (Å²) in [4.78, 5) is 30.0.